The van der Waals surface area contributed by atoms with Crippen molar-refractivity contribution < 1.29 is 13.2 Å². The summed E-state index contributed by atoms with van der Waals surface area (Å²) < 4.78 is 42.8. The SMILES string of the molecule is C=C(Nc1ccc(C)c(-c2ccc(F)c(NC(=C)C(C)(C)F)c2F)c1)C1CC1(Cl)Cl. The van der Waals surface area contributed by atoms with Crippen molar-refractivity contribution in [3.8, 4) is 11.1 Å². The van der Waals surface area contributed by atoms with Gasteiger partial charge in [-0.2, -0.15) is 0 Å². The summed E-state index contributed by atoms with van der Waals surface area (Å²) in [7, 11) is 0. The molecule has 160 valence electrons. The van der Waals surface area contributed by atoms with Gasteiger partial charge < -0.3 is 10.6 Å². The molecule has 1 aliphatic rings. The maximum atomic E-state index is 15.2. The summed E-state index contributed by atoms with van der Waals surface area (Å²) in [5, 5.41) is 5.60. The van der Waals surface area contributed by atoms with Crippen molar-refractivity contribution in [2.45, 2.75) is 37.2 Å². The summed E-state index contributed by atoms with van der Waals surface area (Å²) in [5.74, 6) is -1.74. The highest BCUT2D eigenvalue weighted by atomic mass is 35.5. The molecule has 0 saturated heterocycles. The van der Waals surface area contributed by atoms with Crippen molar-refractivity contribution in [1.29, 1.82) is 0 Å². The van der Waals surface area contributed by atoms with Crippen LogP contribution in [0.5, 0.6) is 0 Å². The number of nitrogens with one attached hydrogen (secondary N) is 2. The van der Waals surface area contributed by atoms with Crippen molar-refractivity contribution in [3.63, 3.8) is 0 Å². The molecule has 2 aromatic carbocycles. The Labute approximate surface area is 184 Å². The third-order valence-corrected chi connectivity index (χ3v) is 6.00. The van der Waals surface area contributed by atoms with Crippen LogP contribution in [-0.4, -0.2) is 10.0 Å². The lowest BCUT2D eigenvalue weighted by Crippen LogP contribution is -2.22. The normalized spacial score (nSPS) is 17.4. The van der Waals surface area contributed by atoms with E-state index < -0.39 is 27.3 Å². The molecule has 7 heteroatoms. The van der Waals surface area contributed by atoms with Crippen LogP contribution in [-0.2, 0) is 0 Å². The van der Waals surface area contributed by atoms with Crippen molar-refractivity contribution in [1.82, 2.24) is 0 Å². The fraction of sp³-hybridized carbons (Fsp3) is 0.304. The van der Waals surface area contributed by atoms with Crippen LogP contribution in [0.15, 0.2) is 54.9 Å². The van der Waals surface area contributed by atoms with Gasteiger partial charge in [-0.05, 0) is 62.6 Å². The molecule has 0 radical (unpaired) electrons. The quantitative estimate of drug-likeness (QED) is 0.418. The van der Waals surface area contributed by atoms with E-state index in [1.165, 1.54) is 19.9 Å². The van der Waals surface area contributed by atoms with Gasteiger partial charge in [0.1, 0.15) is 21.5 Å². The zero-order valence-electron chi connectivity index (χ0n) is 17.0. The van der Waals surface area contributed by atoms with E-state index in [9.17, 15) is 8.78 Å². The zero-order valence-corrected chi connectivity index (χ0v) is 18.5. The first kappa shape index (κ1) is 22.6. The Hall–Kier alpha value is -2.11. The average molecular weight is 455 g/mol. The molecule has 0 aromatic heterocycles. The predicted octanol–water partition coefficient (Wildman–Crippen LogP) is 7.73. The average Bonchev–Trinajstić information content (AvgIpc) is 3.28. The Morgan fingerprint density at radius 1 is 1.10 bits per heavy atom. The Balaban J connectivity index is 1.94. The number of allylic oxidation sites excluding steroid dienone is 2. The van der Waals surface area contributed by atoms with Crippen LogP contribution in [0.1, 0.15) is 25.8 Å². The second-order valence-electron chi connectivity index (χ2n) is 8.06. The highest BCUT2D eigenvalue weighted by Gasteiger charge is 2.53. The molecule has 1 fully saturated rings. The lowest BCUT2D eigenvalue weighted by atomic mass is 9.98. The summed E-state index contributed by atoms with van der Waals surface area (Å²) in [6, 6.07) is 7.86. The molecule has 1 unspecified atom stereocenters. The van der Waals surface area contributed by atoms with Crippen molar-refractivity contribution in [2.75, 3.05) is 10.6 Å². The maximum Gasteiger partial charge on any atom is 0.157 e. The Morgan fingerprint density at radius 2 is 1.73 bits per heavy atom. The van der Waals surface area contributed by atoms with E-state index >= 15 is 4.39 Å². The van der Waals surface area contributed by atoms with Crippen LogP contribution in [0.4, 0.5) is 24.5 Å². The first-order valence-electron chi connectivity index (χ1n) is 9.39. The number of alkyl halides is 3. The van der Waals surface area contributed by atoms with Gasteiger partial charge in [-0.25, -0.2) is 13.2 Å². The molecule has 2 aromatic rings. The molecule has 1 saturated carbocycles. The first-order valence-corrected chi connectivity index (χ1v) is 10.1. The maximum absolute atomic E-state index is 15.2. The van der Waals surface area contributed by atoms with E-state index in [4.69, 9.17) is 23.2 Å². The predicted molar refractivity (Wildman–Crippen MR) is 120 cm³/mol. The second kappa shape index (κ2) is 7.86. The number of rotatable bonds is 7. The zero-order chi connectivity index (χ0) is 22.4. The summed E-state index contributed by atoms with van der Waals surface area (Å²) in [5.41, 5.74) is 0.402. The summed E-state index contributed by atoms with van der Waals surface area (Å²) in [6.45, 7) is 11.8. The van der Waals surface area contributed by atoms with E-state index in [0.717, 1.165) is 11.6 Å². The lowest BCUT2D eigenvalue weighted by molar-refractivity contribution is 0.270. The van der Waals surface area contributed by atoms with Crippen LogP contribution in [0, 0.1) is 24.5 Å². The molecule has 1 atom stereocenters. The number of halogens is 5. The number of aryl methyl sites for hydroxylation is 1. The van der Waals surface area contributed by atoms with Crippen LogP contribution in [0.3, 0.4) is 0 Å². The van der Waals surface area contributed by atoms with Crippen LogP contribution >= 0.6 is 23.2 Å². The number of hydrogen-bond donors (Lipinski definition) is 2. The Morgan fingerprint density at radius 3 is 2.30 bits per heavy atom. The van der Waals surface area contributed by atoms with Crippen LogP contribution < -0.4 is 10.6 Å². The van der Waals surface area contributed by atoms with Crippen LogP contribution in [0.25, 0.3) is 11.1 Å². The van der Waals surface area contributed by atoms with Gasteiger partial charge in [-0.1, -0.05) is 19.2 Å². The van der Waals surface area contributed by atoms with Gasteiger partial charge >= 0.3 is 0 Å². The highest BCUT2D eigenvalue weighted by molar-refractivity contribution is 6.51. The smallest absolute Gasteiger partial charge is 0.157 e. The van der Waals surface area contributed by atoms with Gasteiger partial charge in [-0.15, -0.1) is 23.2 Å². The third kappa shape index (κ3) is 4.62. The number of benzene rings is 2. The summed E-state index contributed by atoms with van der Waals surface area (Å²) >= 11 is 12.2. The minimum atomic E-state index is -1.85. The van der Waals surface area contributed by atoms with Gasteiger partial charge in [0.05, 0.1) is 0 Å². The highest BCUT2D eigenvalue weighted by Crippen LogP contribution is 2.56. The van der Waals surface area contributed by atoms with Crippen molar-refractivity contribution >= 4 is 34.6 Å². The third-order valence-electron chi connectivity index (χ3n) is 5.16. The molecule has 2 nitrogen and oxygen atoms in total. The molecule has 1 aliphatic carbocycles. The van der Waals surface area contributed by atoms with Gasteiger partial charge in [0.15, 0.2) is 5.82 Å². The van der Waals surface area contributed by atoms with E-state index in [0.29, 0.717) is 23.4 Å². The minimum Gasteiger partial charge on any atom is -0.359 e. The molecule has 0 amide bonds. The molecule has 2 N–H and O–H groups in total. The Bertz CT molecular complexity index is 1030. The van der Waals surface area contributed by atoms with Gasteiger partial charge in [0.2, 0.25) is 0 Å². The summed E-state index contributed by atoms with van der Waals surface area (Å²) in [6.07, 6.45) is 0.608. The molecule has 0 aliphatic heterocycles. The second-order valence-corrected chi connectivity index (χ2v) is 9.60. The van der Waals surface area contributed by atoms with Gasteiger partial charge in [0.25, 0.3) is 0 Å². The number of hydrogen-bond acceptors (Lipinski definition) is 2. The first-order chi connectivity index (χ1) is 13.8. The van der Waals surface area contributed by atoms with Crippen LogP contribution in [0.2, 0.25) is 0 Å². The van der Waals surface area contributed by atoms with E-state index in [-0.39, 0.29) is 17.2 Å². The lowest BCUT2D eigenvalue weighted by Gasteiger charge is -2.21. The molecular weight excluding hydrogens is 432 g/mol. The molecule has 0 heterocycles. The van der Waals surface area contributed by atoms with Crippen molar-refractivity contribution in [2.24, 2.45) is 5.92 Å². The molecule has 0 bridgehead atoms. The molecular formula is C23H23Cl2F3N2. The standard InChI is InChI=1S/C23H23Cl2F3N2/c1-12-6-7-15(29-13(2)18-11-23(18,24)25)10-17(12)16-8-9-19(26)21(20(16)27)30-14(3)22(4,5)28/h6-10,18,29-30H,2-3,11H2,1,4-5H3. The molecule has 3 rings (SSSR count). The van der Waals surface area contributed by atoms with E-state index in [2.05, 4.69) is 23.8 Å². The largest absolute Gasteiger partial charge is 0.359 e. The monoisotopic (exact) mass is 454 g/mol. The summed E-state index contributed by atoms with van der Waals surface area (Å²) in [4.78, 5) is 0. The fourth-order valence-electron chi connectivity index (χ4n) is 3.03. The number of anilines is 2. The molecule has 0 spiro atoms. The minimum absolute atomic E-state index is 0.0704. The Kier molecular flexibility index (Phi) is 5.91. The van der Waals surface area contributed by atoms with Gasteiger partial charge in [0, 0.05) is 28.6 Å². The fourth-order valence-corrected chi connectivity index (χ4v) is 3.60. The van der Waals surface area contributed by atoms with Gasteiger partial charge in [-0.3, -0.25) is 0 Å². The van der Waals surface area contributed by atoms with E-state index in [1.807, 2.05) is 19.1 Å². The topological polar surface area (TPSA) is 24.1 Å². The van der Waals surface area contributed by atoms with E-state index in [1.54, 1.807) is 6.07 Å². The van der Waals surface area contributed by atoms with Crippen molar-refractivity contribution in [3.05, 3.63) is 72.1 Å². The molecule has 30 heavy (non-hydrogen) atoms.